The third-order valence-electron chi connectivity index (χ3n) is 5.73. The standard InChI is InChI=1S/C27H30BrNOSi/c1-20-11-5-6-12-21(20)26-23-14-8-10-16-25(23)29(19-30-17-18-31(2,3)4)27(26)22-13-7-9-15-24(22)28/h5-16H,17-19H2,1-4H3. The Bertz CT molecular complexity index is 1210. The van der Waals surface area contributed by atoms with Crippen LogP contribution in [-0.2, 0) is 11.5 Å². The number of ether oxygens (including phenoxy) is 1. The highest BCUT2D eigenvalue weighted by Crippen LogP contribution is 2.44. The van der Waals surface area contributed by atoms with E-state index in [1.807, 2.05) is 0 Å². The maximum atomic E-state index is 6.27. The van der Waals surface area contributed by atoms with Crippen molar-refractivity contribution < 1.29 is 4.74 Å². The molecule has 1 heterocycles. The summed E-state index contributed by atoms with van der Waals surface area (Å²) in [5.74, 6) is 0. The van der Waals surface area contributed by atoms with Gasteiger partial charge in [0.2, 0.25) is 0 Å². The molecule has 0 saturated carbocycles. The molecule has 1 aromatic heterocycles. The number of halogens is 1. The molecule has 0 radical (unpaired) electrons. The molecule has 0 spiro atoms. The molecule has 0 aliphatic heterocycles. The number of benzene rings is 3. The molecular weight excluding hydrogens is 462 g/mol. The Hall–Kier alpha value is -2.14. The van der Waals surface area contributed by atoms with Gasteiger partial charge >= 0.3 is 0 Å². The van der Waals surface area contributed by atoms with Gasteiger partial charge in [-0.3, -0.25) is 0 Å². The van der Waals surface area contributed by atoms with Crippen LogP contribution in [0.2, 0.25) is 25.7 Å². The van der Waals surface area contributed by atoms with Crippen molar-refractivity contribution in [1.29, 1.82) is 0 Å². The van der Waals surface area contributed by atoms with Crippen molar-refractivity contribution in [3.63, 3.8) is 0 Å². The molecule has 0 aliphatic carbocycles. The molecule has 0 fully saturated rings. The summed E-state index contributed by atoms with van der Waals surface area (Å²) >= 11 is 3.81. The number of hydrogen-bond donors (Lipinski definition) is 0. The maximum absolute atomic E-state index is 6.27. The summed E-state index contributed by atoms with van der Waals surface area (Å²) in [7, 11) is -1.13. The van der Waals surface area contributed by atoms with E-state index in [9.17, 15) is 0 Å². The molecule has 3 aromatic carbocycles. The second kappa shape index (κ2) is 9.15. The van der Waals surface area contributed by atoms with E-state index in [-0.39, 0.29) is 0 Å². The zero-order chi connectivity index (χ0) is 22.0. The van der Waals surface area contributed by atoms with Crippen LogP contribution in [0.25, 0.3) is 33.3 Å². The molecule has 4 aromatic rings. The lowest BCUT2D eigenvalue weighted by Gasteiger charge is -2.18. The van der Waals surface area contributed by atoms with Gasteiger partial charge in [0.05, 0.1) is 11.2 Å². The Balaban J connectivity index is 1.93. The Morgan fingerprint density at radius 2 is 1.48 bits per heavy atom. The van der Waals surface area contributed by atoms with E-state index in [4.69, 9.17) is 4.74 Å². The zero-order valence-corrected chi connectivity index (χ0v) is 21.4. The highest BCUT2D eigenvalue weighted by atomic mass is 79.9. The average molecular weight is 493 g/mol. The Morgan fingerprint density at radius 3 is 2.19 bits per heavy atom. The van der Waals surface area contributed by atoms with E-state index in [0.717, 1.165) is 11.1 Å². The first-order valence-electron chi connectivity index (χ1n) is 10.9. The van der Waals surface area contributed by atoms with Crippen LogP contribution in [0.3, 0.4) is 0 Å². The van der Waals surface area contributed by atoms with E-state index < -0.39 is 8.07 Å². The fraction of sp³-hybridized carbons (Fsp3) is 0.259. The summed E-state index contributed by atoms with van der Waals surface area (Å²) in [5, 5.41) is 1.26. The van der Waals surface area contributed by atoms with Gasteiger partial charge in [-0.05, 0) is 36.2 Å². The molecule has 160 valence electrons. The smallest absolute Gasteiger partial charge is 0.123 e. The number of aryl methyl sites for hydroxylation is 1. The molecule has 0 amide bonds. The fourth-order valence-corrected chi connectivity index (χ4v) is 5.26. The van der Waals surface area contributed by atoms with Crippen molar-refractivity contribution in [2.24, 2.45) is 0 Å². The first kappa shape index (κ1) is 22.1. The van der Waals surface area contributed by atoms with Gasteiger partial charge in [-0.15, -0.1) is 0 Å². The van der Waals surface area contributed by atoms with Crippen LogP contribution >= 0.6 is 15.9 Å². The number of nitrogens with zero attached hydrogens (tertiary/aromatic N) is 1. The van der Waals surface area contributed by atoms with Crippen LogP contribution < -0.4 is 0 Å². The fourth-order valence-electron chi connectivity index (χ4n) is 4.03. The largest absolute Gasteiger partial charge is 0.361 e. The molecule has 2 nitrogen and oxygen atoms in total. The molecular formula is C27H30BrNOSi. The van der Waals surface area contributed by atoms with Crippen LogP contribution in [0.5, 0.6) is 0 Å². The van der Waals surface area contributed by atoms with E-state index >= 15 is 0 Å². The Labute approximate surface area is 195 Å². The molecule has 0 N–H and O–H groups in total. The minimum Gasteiger partial charge on any atom is -0.361 e. The molecule has 0 atom stereocenters. The second-order valence-electron chi connectivity index (χ2n) is 9.31. The lowest BCUT2D eigenvalue weighted by molar-refractivity contribution is 0.0913. The lowest BCUT2D eigenvalue weighted by Crippen LogP contribution is -2.22. The number of aromatic nitrogens is 1. The van der Waals surface area contributed by atoms with Gasteiger partial charge in [0.1, 0.15) is 6.73 Å². The normalized spacial score (nSPS) is 11.9. The summed E-state index contributed by atoms with van der Waals surface area (Å²) < 4.78 is 9.71. The number of hydrogen-bond acceptors (Lipinski definition) is 1. The van der Waals surface area contributed by atoms with Crippen LogP contribution in [0.1, 0.15) is 5.56 Å². The van der Waals surface area contributed by atoms with Crippen molar-refractivity contribution in [3.05, 3.63) is 82.8 Å². The van der Waals surface area contributed by atoms with Crippen LogP contribution in [-0.4, -0.2) is 19.2 Å². The lowest BCUT2D eigenvalue weighted by atomic mass is 9.95. The quantitative estimate of drug-likeness (QED) is 0.187. The van der Waals surface area contributed by atoms with Gasteiger partial charge in [0, 0.05) is 35.7 Å². The van der Waals surface area contributed by atoms with Crippen molar-refractivity contribution in [1.82, 2.24) is 4.57 Å². The second-order valence-corrected chi connectivity index (χ2v) is 15.8. The molecule has 31 heavy (non-hydrogen) atoms. The number of para-hydroxylation sites is 1. The highest BCUT2D eigenvalue weighted by molar-refractivity contribution is 9.10. The summed E-state index contributed by atoms with van der Waals surface area (Å²) in [6, 6.07) is 27.0. The summed E-state index contributed by atoms with van der Waals surface area (Å²) in [4.78, 5) is 0. The van der Waals surface area contributed by atoms with Gasteiger partial charge in [0.25, 0.3) is 0 Å². The van der Waals surface area contributed by atoms with E-state index in [1.165, 1.54) is 44.9 Å². The van der Waals surface area contributed by atoms with Gasteiger partial charge in [-0.2, -0.15) is 0 Å². The van der Waals surface area contributed by atoms with Gasteiger partial charge in [-0.25, -0.2) is 0 Å². The predicted molar refractivity (Wildman–Crippen MR) is 139 cm³/mol. The molecule has 0 bridgehead atoms. The van der Waals surface area contributed by atoms with E-state index in [1.54, 1.807) is 0 Å². The summed E-state index contributed by atoms with van der Waals surface area (Å²) in [5.41, 5.74) is 7.42. The van der Waals surface area contributed by atoms with E-state index in [0.29, 0.717) is 6.73 Å². The van der Waals surface area contributed by atoms with Crippen LogP contribution in [0.15, 0.2) is 77.3 Å². The maximum Gasteiger partial charge on any atom is 0.123 e. The highest BCUT2D eigenvalue weighted by Gasteiger charge is 2.22. The number of rotatable bonds is 7. The van der Waals surface area contributed by atoms with Gasteiger partial charge in [-0.1, -0.05) is 96.2 Å². The Morgan fingerprint density at radius 1 is 0.839 bits per heavy atom. The number of fused-ring (bicyclic) bond motifs is 1. The third-order valence-corrected chi connectivity index (χ3v) is 8.13. The topological polar surface area (TPSA) is 14.2 Å². The van der Waals surface area contributed by atoms with Gasteiger partial charge in [0.15, 0.2) is 0 Å². The molecule has 0 saturated heterocycles. The molecule has 4 rings (SSSR count). The van der Waals surface area contributed by atoms with Crippen LogP contribution in [0, 0.1) is 6.92 Å². The zero-order valence-electron chi connectivity index (χ0n) is 18.8. The van der Waals surface area contributed by atoms with Crippen molar-refractivity contribution in [3.8, 4) is 22.4 Å². The minimum absolute atomic E-state index is 0.549. The molecule has 0 aliphatic rings. The predicted octanol–water partition coefficient (Wildman–Crippen LogP) is 8.36. The van der Waals surface area contributed by atoms with Crippen molar-refractivity contribution >= 4 is 34.9 Å². The van der Waals surface area contributed by atoms with E-state index in [2.05, 4.69) is 120 Å². The van der Waals surface area contributed by atoms with Gasteiger partial charge < -0.3 is 9.30 Å². The third kappa shape index (κ3) is 4.71. The minimum atomic E-state index is -1.13. The Kier molecular flexibility index (Phi) is 6.51. The summed E-state index contributed by atoms with van der Waals surface area (Å²) in [6.07, 6.45) is 0. The monoisotopic (exact) mass is 491 g/mol. The van der Waals surface area contributed by atoms with Crippen molar-refractivity contribution in [2.75, 3.05) is 6.61 Å². The first-order valence-corrected chi connectivity index (χ1v) is 15.4. The molecule has 4 heteroatoms. The van der Waals surface area contributed by atoms with Crippen molar-refractivity contribution in [2.45, 2.75) is 39.3 Å². The van der Waals surface area contributed by atoms with Crippen LogP contribution in [0.4, 0.5) is 0 Å². The average Bonchev–Trinajstić information content (AvgIpc) is 3.05. The SMILES string of the molecule is Cc1ccccc1-c1c(-c2ccccc2Br)n(COCC[Si](C)(C)C)c2ccccc12. The first-order chi connectivity index (χ1) is 14.9. The molecule has 0 unspecified atom stereocenters. The summed E-state index contributed by atoms with van der Waals surface area (Å²) in [6.45, 7) is 10.7.